The fourth-order valence-electron chi connectivity index (χ4n) is 9.45. The van der Waals surface area contributed by atoms with E-state index in [-0.39, 0.29) is 60.3 Å². The maximum atomic E-state index is 13.5. The van der Waals surface area contributed by atoms with Crippen molar-refractivity contribution >= 4 is 69.3 Å². The lowest BCUT2D eigenvalue weighted by Gasteiger charge is -2.48. The van der Waals surface area contributed by atoms with E-state index < -0.39 is 11.9 Å². The van der Waals surface area contributed by atoms with Crippen molar-refractivity contribution in [2.45, 2.75) is 95.7 Å². The van der Waals surface area contributed by atoms with Crippen LogP contribution in [0.15, 0.2) is 53.5 Å². The quantitative estimate of drug-likeness (QED) is 0.171. The van der Waals surface area contributed by atoms with Crippen molar-refractivity contribution in [2.75, 3.05) is 61.6 Å². The highest BCUT2D eigenvalue weighted by Gasteiger charge is 2.41. The zero-order valence-electron chi connectivity index (χ0n) is 35.8. The van der Waals surface area contributed by atoms with Gasteiger partial charge in [-0.1, -0.05) is 17.7 Å². The van der Waals surface area contributed by atoms with E-state index in [0.29, 0.717) is 47.0 Å². The first-order valence-corrected chi connectivity index (χ1v) is 22.3. The van der Waals surface area contributed by atoms with E-state index in [9.17, 15) is 24.0 Å². The number of carbonyl (C=O) groups excluding carboxylic acids is 4. The van der Waals surface area contributed by atoms with E-state index in [1.54, 1.807) is 21.7 Å². The minimum atomic E-state index is -0.619. The number of hydrogen-bond acceptors (Lipinski definition) is 13. The number of rotatable bonds is 12. The number of nitrogens with zero attached hydrogens (tertiary/aromatic N) is 7. The van der Waals surface area contributed by atoms with Gasteiger partial charge in [-0.3, -0.25) is 34.2 Å². The summed E-state index contributed by atoms with van der Waals surface area (Å²) in [4.78, 5) is 80.7. The van der Waals surface area contributed by atoms with Crippen LogP contribution in [0.2, 0.25) is 5.02 Å². The van der Waals surface area contributed by atoms with Gasteiger partial charge in [-0.2, -0.15) is 4.98 Å². The second kappa shape index (κ2) is 17.8. The third-order valence-corrected chi connectivity index (χ3v) is 13.2. The van der Waals surface area contributed by atoms with E-state index in [0.717, 1.165) is 87.1 Å². The molecule has 5 aliphatic rings. The summed E-state index contributed by atoms with van der Waals surface area (Å²) >= 11 is 6.60. The zero-order chi connectivity index (χ0) is 43.9. The summed E-state index contributed by atoms with van der Waals surface area (Å²) in [6.45, 7) is 8.18. The Hall–Kier alpha value is -5.78. The standard InChI is InChI=1S/C45H53ClN10O7/c1-26(2)56-36-8-6-29(17-28(36)18-38(44(56)61)62-24-40(58)47-3)49-41-35(46)22-48-45(51-41)52-15-11-32(12-16-52)63-33-19-31(20-33)54-14-4-13-53(25-54)30-7-5-27-23-55(43(60)34(27)21-30)37-9-10-39(57)50-42(37)59/h5-8,17-18,21-22,26,31-33,37H,4,9-16,19-20,23-25H2,1-3H3,(H,47,58)(H,48,49,51)(H,50,57,59). The van der Waals surface area contributed by atoms with Crippen LogP contribution in [0.1, 0.15) is 80.8 Å². The molecule has 3 N–H and O–H groups in total. The first-order valence-electron chi connectivity index (χ1n) is 21.9. The van der Waals surface area contributed by atoms with Crippen molar-refractivity contribution in [3.63, 3.8) is 0 Å². The molecule has 1 saturated carbocycles. The number of nitrogens with one attached hydrogen (secondary N) is 3. The molecule has 2 aromatic carbocycles. The van der Waals surface area contributed by atoms with Gasteiger partial charge in [0.1, 0.15) is 11.1 Å². The number of likely N-dealkylation sites (N-methyl/N-ethyl adjacent to an activating group) is 1. The van der Waals surface area contributed by atoms with Gasteiger partial charge >= 0.3 is 0 Å². The molecule has 4 fully saturated rings. The molecule has 2 aromatic heterocycles. The summed E-state index contributed by atoms with van der Waals surface area (Å²) in [5.41, 5.74) is 3.70. The Balaban J connectivity index is 0.764. The van der Waals surface area contributed by atoms with Crippen LogP contribution in [0.3, 0.4) is 0 Å². The first kappa shape index (κ1) is 42.5. The molecule has 6 heterocycles. The molecular weight excluding hydrogens is 828 g/mol. The van der Waals surface area contributed by atoms with Gasteiger partial charge in [0.2, 0.25) is 17.8 Å². The van der Waals surface area contributed by atoms with Crippen molar-refractivity contribution in [3.05, 3.63) is 75.2 Å². The summed E-state index contributed by atoms with van der Waals surface area (Å²) in [7, 11) is 1.51. The van der Waals surface area contributed by atoms with E-state index in [4.69, 9.17) is 26.1 Å². The Morgan fingerprint density at radius 1 is 0.968 bits per heavy atom. The van der Waals surface area contributed by atoms with Crippen LogP contribution >= 0.6 is 11.6 Å². The molecule has 0 bridgehead atoms. The van der Waals surface area contributed by atoms with Crippen LogP contribution in [0.4, 0.5) is 23.1 Å². The van der Waals surface area contributed by atoms with Gasteiger partial charge in [0.25, 0.3) is 17.4 Å². The summed E-state index contributed by atoms with van der Waals surface area (Å²) in [5.74, 6) is -0.0271. The van der Waals surface area contributed by atoms with Crippen LogP contribution in [0.5, 0.6) is 5.75 Å². The predicted octanol–water partition coefficient (Wildman–Crippen LogP) is 4.34. The number of piperidine rings is 2. The molecule has 17 nitrogen and oxygen atoms in total. The van der Waals surface area contributed by atoms with Crippen LogP contribution < -0.4 is 36.0 Å². The molecule has 18 heteroatoms. The number of ether oxygens (including phenoxy) is 2. The van der Waals surface area contributed by atoms with Crippen molar-refractivity contribution in [1.29, 1.82) is 0 Å². The Labute approximate surface area is 370 Å². The van der Waals surface area contributed by atoms with Crippen molar-refractivity contribution in [1.82, 2.24) is 35.0 Å². The van der Waals surface area contributed by atoms with E-state index >= 15 is 0 Å². The molecule has 3 saturated heterocycles. The average molecular weight is 881 g/mol. The Morgan fingerprint density at radius 2 is 1.78 bits per heavy atom. The van der Waals surface area contributed by atoms with Gasteiger partial charge in [0.05, 0.1) is 30.6 Å². The average Bonchev–Trinajstić information content (AvgIpc) is 3.59. The highest BCUT2D eigenvalue weighted by Crippen LogP contribution is 2.36. The second-order valence-electron chi connectivity index (χ2n) is 17.4. The van der Waals surface area contributed by atoms with Crippen molar-refractivity contribution < 1.29 is 28.7 Å². The lowest BCUT2D eigenvalue weighted by atomic mass is 9.87. The van der Waals surface area contributed by atoms with Crippen LogP contribution in [0.25, 0.3) is 10.9 Å². The summed E-state index contributed by atoms with van der Waals surface area (Å²) < 4.78 is 13.9. The molecule has 1 atom stereocenters. The normalized spacial score (nSPS) is 22.0. The zero-order valence-corrected chi connectivity index (χ0v) is 36.5. The fourth-order valence-corrected chi connectivity index (χ4v) is 9.59. The number of pyridine rings is 1. The highest BCUT2D eigenvalue weighted by atomic mass is 35.5. The topological polar surface area (TPSA) is 184 Å². The lowest BCUT2D eigenvalue weighted by Crippen LogP contribution is -2.56. The minimum absolute atomic E-state index is 0.0916. The number of benzene rings is 2. The molecule has 63 heavy (non-hydrogen) atoms. The fraction of sp³-hybridized carbons (Fsp3) is 0.489. The molecule has 1 aliphatic carbocycles. The highest BCUT2D eigenvalue weighted by molar-refractivity contribution is 6.33. The van der Waals surface area contributed by atoms with Gasteiger partial charge < -0.3 is 39.4 Å². The van der Waals surface area contributed by atoms with Crippen LogP contribution in [-0.2, 0) is 25.7 Å². The summed E-state index contributed by atoms with van der Waals surface area (Å²) in [6.07, 6.45) is 7.29. The Morgan fingerprint density at radius 3 is 2.54 bits per heavy atom. The van der Waals surface area contributed by atoms with Gasteiger partial charge in [0.15, 0.2) is 18.2 Å². The molecule has 4 aliphatic heterocycles. The van der Waals surface area contributed by atoms with Gasteiger partial charge in [-0.15, -0.1) is 0 Å². The minimum Gasteiger partial charge on any atom is -0.478 e. The van der Waals surface area contributed by atoms with E-state index in [1.165, 1.54) is 7.05 Å². The number of aromatic nitrogens is 3. The molecule has 0 spiro atoms. The SMILES string of the molecule is CNC(=O)COc1cc2cc(Nc3nc(N4CCC(OC5CC(N6CCCN(c7ccc8c(c7)C(=O)N(C7CCC(=O)NC7=O)C8)C6)C5)CC4)ncc3Cl)ccc2n(C(C)C)c1=O. The third kappa shape index (κ3) is 8.78. The maximum absolute atomic E-state index is 13.5. The first-order chi connectivity index (χ1) is 30.4. The Bertz CT molecular complexity index is 2500. The lowest BCUT2D eigenvalue weighted by molar-refractivity contribution is -0.137. The third-order valence-electron chi connectivity index (χ3n) is 13.0. The number of imide groups is 1. The molecular formula is C45H53ClN10O7. The van der Waals surface area contributed by atoms with E-state index in [1.807, 2.05) is 44.2 Å². The second-order valence-corrected chi connectivity index (χ2v) is 17.8. The van der Waals surface area contributed by atoms with Crippen LogP contribution in [0, 0.1) is 0 Å². The number of anilines is 4. The van der Waals surface area contributed by atoms with E-state index in [2.05, 4.69) is 41.7 Å². The molecule has 4 aromatic rings. The van der Waals surface area contributed by atoms with Gasteiger partial charge in [-0.05, 0) is 94.3 Å². The number of amides is 4. The monoisotopic (exact) mass is 880 g/mol. The molecule has 332 valence electrons. The maximum Gasteiger partial charge on any atom is 0.293 e. The molecule has 0 radical (unpaired) electrons. The molecule has 1 unspecified atom stereocenters. The number of halogens is 1. The molecule has 4 amide bonds. The molecule has 9 rings (SSSR count). The van der Waals surface area contributed by atoms with Gasteiger partial charge in [-0.25, -0.2) is 4.98 Å². The summed E-state index contributed by atoms with van der Waals surface area (Å²) in [6, 6.07) is 13.0. The number of hydrogen-bond donors (Lipinski definition) is 3. The van der Waals surface area contributed by atoms with Crippen molar-refractivity contribution in [3.8, 4) is 5.75 Å². The van der Waals surface area contributed by atoms with Crippen molar-refractivity contribution in [2.24, 2.45) is 0 Å². The predicted molar refractivity (Wildman–Crippen MR) is 238 cm³/mol. The number of fused-ring (bicyclic) bond motifs is 2. The number of carbonyl (C=O) groups is 4. The Kier molecular flexibility index (Phi) is 12.0. The summed E-state index contributed by atoms with van der Waals surface area (Å²) in [5, 5.41) is 9.34. The van der Waals surface area contributed by atoms with Gasteiger partial charge in [0, 0.05) is 80.6 Å². The smallest absolute Gasteiger partial charge is 0.293 e. The largest absolute Gasteiger partial charge is 0.478 e. The van der Waals surface area contributed by atoms with Crippen LogP contribution in [-0.4, -0.2) is 119 Å².